The summed E-state index contributed by atoms with van der Waals surface area (Å²) >= 11 is 0.993. The third-order valence-corrected chi connectivity index (χ3v) is 3.15. The Hall–Kier alpha value is -1.28. The fourth-order valence-electron chi connectivity index (χ4n) is 1.26. The van der Waals surface area contributed by atoms with Gasteiger partial charge in [-0.05, 0) is 13.8 Å². The molecule has 1 aromatic heterocycles. The van der Waals surface area contributed by atoms with Crippen LogP contribution >= 0.6 is 11.8 Å². The number of ether oxygens (including phenoxy) is 1. The molecule has 0 fully saturated rings. The molecule has 1 rings (SSSR count). The second-order valence-corrected chi connectivity index (χ2v) is 4.85. The molecule has 0 amide bonds. The summed E-state index contributed by atoms with van der Waals surface area (Å²) in [4.78, 5) is 22.4. The van der Waals surface area contributed by atoms with Gasteiger partial charge in [0.2, 0.25) is 0 Å². The lowest BCUT2D eigenvalue weighted by Gasteiger charge is -2.12. The van der Waals surface area contributed by atoms with E-state index in [2.05, 4.69) is 10.2 Å². The minimum atomic E-state index is -0.998. The number of carboxylic acids is 1. The van der Waals surface area contributed by atoms with Crippen molar-refractivity contribution in [1.29, 1.82) is 0 Å². The van der Waals surface area contributed by atoms with Gasteiger partial charge in [0.05, 0.1) is 6.61 Å². The summed E-state index contributed by atoms with van der Waals surface area (Å²) in [5.41, 5.74) is -0.343. The van der Waals surface area contributed by atoms with Crippen LogP contribution in [0.15, 0.2) is 9.95 Å². The molecule has 2 N–H and O–H groups in total. The molecule has 17 heavy (non-hydrogen) atoms. The Morgan fingerprint density at radius 3 is 2.76 bits per heavy atom. The first-order valence-corrected chi connectivity index (χ1v) is 5.90. The quantitative estimate of drug-likeness (QED) is 0.717. The summed E-state index contributed by atoms with van der Waals surface area (Å²) in [6.45, 7) is 3.71. The van der Waals surface area contributed by atoms with Crippen molar-refractivity contribution < 1.29 is 14.6 Å². The van der Waals surface area contributed by atoms with Gasteiger partial charge in [0.15, 0.2) is 5.16 Å². The maximum atomic E-state index is 11.4. The van der Waals surface area contributed by atoms with Crippen LogP contribution in [0.1, 0.15) is 19.9 Å². The van der Waals surface area contributed by atoms with E-state index in [1.165, 1.54) is 11.7 Å². The van der Waals surface area contributed by atoms with E-state index in [9.17, 15) is 9.59 Å². The minimum Gasteiger partial charge on any atom is -0.480 e. The van der Waals surface area contributed by atoms with Crippen LogP contribution in [0.3, 0.4) is 0 Å². The van der Waals surface area contributed by atoms with Gasteiger partial charge in [-0.3, -0.25) is 9.36 Å². The van der Waals surface area contributed by atoms with E-state index in [-0.39, 0.29) is 18.3 Å². The maximum Gasteiger partial charge on any atom is 0.344 e. The fraction of sp³-hybridized carbons (Fsp3) is 0.667. The van der Waals surface area contributed by atoms with Crippen LogP contribution in [-0.4, -0.2) is 44.8 Å². The molecule has 0 saturated heterocycles. The lowest BCUT2D eigenvalue weighted by molar-refractivity contribution is -0.137. The van der Waals surface area contributed by atoms with Crippen molar-refractivity contribution in [3.05, 3.63) is 10.5 Å². The number of carboxylic acid groups (broad SMARTS) is 1. The number of rotatable bonds is 6. The van der Waals surface area contributed by atoms with Gasteiger partial charge in [-0.2, -0.15) is 0 Å². The number of carbonyl (C=O) groups is 1. The first kappa shape index (κ1) is 13.8. The van der Waals surface area contributed by atoms with Crippen molar-refractivity contribution in [1.82, 2.24) is 14.8 Å². The molecule has 0 aromatic carbocycles. The van der Waals surface area contributed by atoms with Gasteiger partial charge in [0.1, 0.15) is 5.25 Å². The molecule has 0 aliphatic rings. The van der Waals surface area contributed by atoms with Crippen molar-refractivity contribution in [2.24, 2.45) is 0 Å². The van der Waals surface area contributed by atoms with Crippen molar-refractivity contribution in [2.45, 2.75) is 30.3 Å². The van der Waals surface area contributed by atoms with E-state index in [1.807, 2.05) is 13.8 Å². The van der Waals surface area contributed by atoms with Gasteiger partial charge in [0.25, 0.3) is 0 Å². The summed E-state index contributed by atoms with van der Waals surface area (Å²) in [7, 11) is 1.43. The van der Waals surface area contributed by atoms with Crippen molar-refractivity contribution in [3.8, 4) is 0 Å². The number of hydrogen-bond acceptors (Lipinski definition) is 5. The smallest absolute Gasteiger partial charge is 0.344 e. The normalized spacial score (nSPS) is 12.9. The number of aliphatic carboxylic acids is 1. The molecule has 0 saturated carbocycles. The largest absolute Gasteiger partial charge is 0.480 e. The number of nitrogens with zero attached hydrogens (tertiary/aromatic N) is 2. The summed E-state index contributed by atoms with van der Waals surface area (Å²) in [6.07, 6.45) is 0. The fourth-order valence-corrected chi connectivity index (χ4v) is 2.33. The predicted molar refractivity (Wildman–Crippen MR) is 62.4 cm³/mol. The van der Waals surface area contributed by atoms with Crippen LogP contribution in [0.5, 0.6) is 0 Å². The van der Waals surface area contributed by atoms with E-state index >= 15 is 0 Å². The Labute approximate surface area is 102 Å². The number of aromatic nitrogens is 3. The number of H-pyrrole nitrogens is 1. The van der Waals surface area contributed by atoms with Crippen LogP contribution < -0.4 is 5.69 Å². The topological polar surface area (TPSA) is 97.2 Å². The lowest BCUT2D eigenvalue weighted by Crippen LogP contribution is -2.24. The second-order valence-electron chi connectivity index (χ2n) is 3.68. The highest BCUT2D eigenvalue weighted by Gasteiger charge is 2.23. The number of hydrogen-bond donors (Lipinski definition) is 2. The SMILES string of the molecule is COCC(Sc1n[nH]c(=O)n1C(C)C)C(=O)O. The zero-order chi connectivity index (χ0) is 13.0. The van der Waals surface area contributed by atoms with E-state index in [4.69, 9.17) is 9.84 Å². The van der Waals surface area contributed by atoms with Crippen molar-refractivity contribution in [3.63, 3.8) is 0 Å². The van der Waals surface area contributed by atoms with Crippen LogP contribution in [-0.2, 0) is 9.53 Å². The highest BCUT2D eigenvalue weighted by Crippen LogP contribution is 2.22. The molecule has 0 spiro atoms. The first-order valence-electron chi connectivity index (χ1n) is 5.02. The Morgan fingerprint density at radius 1 is 1.65 bits per heavy atom. The first-order chi connectivity index (χ1) is 7.97. The Bertz CT molecular complexity index is 440. The third-order valence-electron chi connectivity index (χ3n) is 2.03. The van der Waals surface area contributed by atoms with Gasteiger partial charge < -0.3 is 9.84 Å². The molecule has 1 aromatic rings. The van der Waals surface area contributed by atoms with E-state index in [1.54, 1.807) is 0 Å². The molecular formula is C9H15N3O4S. The van der Waals surface area contributed by atoms with Gasteiger partial charge in [-0.15, -0.1) is 5.10 Å². The van der Waals surface area contributed by atoms with Gasteiger partial charge in [-0.1, -0.05) is 11.8 Å². The van der Waals surface area contributed by atoms with Crippen LogP contribution in [0.25, 0.3) is 0 Å². The lowest BCUT2D eigenvalue weighted by atomic mass is 10.4. The Balaban J connectivity index is 2.93. The molecule has 1 heterocycles. The molecule has 96 valence electrons. The van der Waals surface area contributed by atoms with E-state index < -0.39 is 11.2 Å². The number of aromatic amines is 1. The molecule has 8 heteroatoms. The molecule has 0 aliphatic carbocycles. The van der Waals surface area contributed by atoms with Crippen LogP contribution in [0, 0.1) is 0 Å². The van der Waals surface area contributed by atoms with Gasteiger partial charge in [-0.25, -0.2) is 9.89 Å². The monoisotopic (exact) mass is 261 g/mol. The average Bonchev–Trinajstić information content (AvgIpc) is 2.59. The van der Waals surface area contributed by atoms with Crippen molar-refractivity contribution in [2.75, 3.05) is 13.7 Å². The molecular weight excluding hydrogens is 246 g/mol. The summed E-state index contributed by atoms with van der Waals surface area (Å²) in [6, 6.07) is -0.0826. The summed E-state index contributed by atoms with van der Waals surface area (Å²) < 4.78 is 6.23. The Morgan fingerprint density at radius 2 is 2.29 bits per heavy atom. The van der Waals surface area contributed by atoms with Crippen molar-refractivity contribution >= 4 is 17.7 Å². The van der Waals surface area contributed by atoms with E-state index in [0.717, 1.165) is 11.8 Å². The van der Waals surface area contributed by atoms with Crippen LogP contribution in [0.2, 0.25) is 0 Å². The number of nitrogens with one attached hydrogen (secondary N) is 1. The average molecular weight is 261 g/mol. The summed E-state index contributed by atoms with van der Waals surface area (Å²) in [5, 5.41) is 14.7. The van der Waals surface area contributed by atoms with Gasteiger partial charge >= 0.3 is 11.7 Å². The minimum absolute atomic E-state index is 0.0547. The van der Waals surface area contributed by atoms with E-state index in [0.29, 0.717) is 5.16 Å². The summed E-state index contributed by atoms with van der Waals surface area (Å²) in [5.74, 6) is -0.998. The molecule has 0 bridgehead atoms. The number of thioether (sulfide) groups is 1. The highest BCUT2D eigenvalue weighted by molar-refractivity contribution is 8.00. The third kappa shape index (κ3) is 3.34. The zero-order valence-corrected chi connectivity index (χ0v) is 10.7. The Kier molecular flexibility index (Phi) is 4.76. The molecule has 7 nitrogen and oxygen atoms in total. The van der Waals surface area contributed by atoms with Crippen LogP contribution in [0.4, 0.5) is 0 Å². The molecule has 1 atom stereocenters. The zero-order valence-electron chi connectivity index (χ0n) is 9.84. The predicted octanol–water partition coefficient (Wildman–Crippen LogP) is 0.344. The standard InChI is InChI=1S/C9H15N3O4S/c1-5(2)12-8(15)10-11-9(12)17-6(4-16-3)7(13)14/h5-6H,4H2,1-3H3,(H,10,15)(H,13,14). The maximum absolute atomic E-state index is 11.4. The molecule has 0 aliphatic heterocycles. The number of methoxy groups -OCH3 is 1. The van der Waals surface area contributed by atoms with Gasteiger partial charge in [0, 0.05) is 13.2 Å². The molecule has 0 radical (unpaired) electrons. The second kappa shape index (κ2) is 5.87. The molecule has 1 unspecified atom stereocenters. The highest BCUT2D eigenvalue weighted by atomic mass is 32.2.